The fourth-order valence-electron chi connectivity index (χ4n) is 0.842. The van der Waals surface area contributed by atoms with Crippen molar-refractivity contribution in [3.63, 3.8) is 0 Å². The summed E-state index contributed by atoms with van der Waals surface area (Å²) in [5.41, 5.74) is 4.80. The molecule has 0 spiro atoms. The predicted octanol–water partition coefficient (Wildman–Crippen LogP) is 0.890. The van der Waals surface area contributed by atoms with Crippen LogP contribution in [0.25, 0.3) is 0 Å². The van der Waals surface area contributed by atoms with Gasteiger partial charge in [-0.2, -0.15) is 0 Å². The van der Waals surface area contributed by atoms with E-state index in [0.29, 0.717) is 4.90 Å². The molecule has 3 nitrogen and oxygen atoms in total. The highest BCUT2D eigenvalue weighted by Gasteiger charge is 2.12. The fourth-order valence-corrected chi connectivity index (χ4v) is 1.31. The molecule has 0 aromatic heterocycles. The SMILES string of the molecule is NSc1cccc(F)c1C(N)=O. The van der Waals surface area contributed by atoms with Crippen LogP contribution in [-0.4, -0.2) is 5.91 Å². The van der Waals surface area contributed by atoms with Crippen molar-refractivity contribution in [3.8, 4) is 0 Å². The van der Waals surface area contributed by atoms with Crippen molar-refractivity contribution in [2.45, 2.75) is 4.90 Å². The number of amides is 1. The van der Waals surface area contributed by atoms with Gasteiger partial charge < -0.3 is 5.73 Å². The van der Waals surface area contributed by atoms with Crippen LogP contribution in [0.15, 0.2) is 23.1 Å². The zero-order valence-electron chi connectivity index (χ0n) is 6.08. The maximum atomic E-state index is 12.9. The lowest BCUT2D eigenvalue weighted by atomic mass is 10.2. The van der Waals surface area contributed by atoms with E-state index < -0.39 is 11.7 Å². The molecule has 64 valence electrons. The average Bonchev–Trinajstić information content (AvgIpc) is 2.03. The molecule has 0 aliphatic heterocycles. The molecule has 0 unspecified atom stereocenters. The maximum absolute atomic E-state index is 12.9. The van der Waals surface area contributed by atoms with Crippen molar-refractivity contribution in [3.05, 3.63) is 29.6 Å². The van der Waals surface area contributed by atoms with E-state index in [0.717, 1.165) is 11.9 Å². The summed E-state index contributed by atoms with van der Waals surface area (Å²) in [6, 6.07) is 4.17. The largest absolute Gasteiger partial charge is 0.365 e. The third-order valence-corrected chi connectivity index (χ3v) is 1.94. The molecule has 5 heteroatoms. The first-order chi connectivity index (χ1) is 5.66. The minimum Gasteiger partial charge on any atom is -0.365 e. The van der Waals surface area contributed by atoms with Gasteiger partial charge in [0, 0.05) is 4.90 Å². The van der Waals surface area contributed by atoms with E-state index >= 15 is 0 Å². The molecule has 0 bridgehead atoms. The Balaban J connectivity index is 3.29. The van der Waals surface area contributed by atoms with Gasteiger partial charge in [0.2, 0.25) is 0 Å². The molecule has 0 saturated heterocycles. The second-order valence-corrected chi connectivity index (χ2v) is 2.77. The Morgan fingerprint density at radius 2 is 2.17 bits per heavy atom. The van der Waals surface area contributed by atoms with Crippen LogP contribution in [0.4, 0.5) is 4.39 Å². The molecular formula is C7H7FN2OS. The zero-order chi connectivity index (χ0) is 9.14. The number of carbonyl (C=O) groups excluding carboxylic acids is 1. The highest BCUT2D eigenvalue weighted by atomic mass is 32.2. The standard InChI is InChI=1S/C7H7FN2OS/c8-4-2-1-3-5(12-10)6(4)7(9)11/h1-3H,10H2,(H2,9,11). The highest BCUT2D eigenvalue weighted by Crippen LogP contribution is 2.19. The summed E-state index contributed by atoms with van der Waals surface area (Å²) in [5, 5.41) is 5.20. The minimum absolute atomic E-state index is 0.148. The van der Waals surface area contributed by atoms with E-state index in [2.05, 4.69) is 0 Å². The van der Waals surface area contributed by atoms with Crippen molar-refractivity contribution < 1.29 is 9.18 Å². The number of hydrogen-bond donors (Lipinski definition) is 2. The maximum Gasteiger partial charge on any atom is 0.252 e. The Labute approximate surface area is 73.1 Å². The van der Waals surface area contributed by atoms with Gasteiger partial charge in [0.1, 0.15) is 5.82 Å². The van der Waals surface area contributed by atoms with E-state index in [1.54, 1.807) is 0 Å². The summed E-state index contributed by atoms with van der Waals surface area (Å²) < 4.78 is 12.9. The molecular weight excluding hydrogens is 179 g/mol. The van der Waals surface area contributed by atoms with Gasteiger partial charge in [-0.15, -0.1) is 0 Å². The molecule has 0 radical (unpaired) electrons. The number of rotatable bonds is 2. The molecule has 0 atom stereocenters. The van der Waals surface area contributed by atoms with Crippen molar-refractivity contribution >= 4 is 17.9 Å². The van der Waals surface area contributed by atoms with Crippen molar-refractivity contribution in [1.82, 2.24) is 0 Å². The van der Waals surface area contributed by atoms with Crippen LogP contribution in [0, 0.1) is 5.82 Å². The fraction of sp³-hybridized carbons (Fsp3) is 0. The topological polar surface area (TPSA) is 69.1 Å². The predicted molar refractivity (Wildman–Crippen MR) is 45.0 cm³/mol. The Hall–Kier alpha value is -1.07. The molecule has 1 aromatic rings. The first-order valence-corrected chi connectivity index (χ1v) is 4.00. The number of nitrogens with two attached hydrogens (primary N) is 2. The van der Waals surface area contributed by atoms with Crippen LogP contribution < -0.4 is 10.9 Å². The average molecular weight is 186 g/mol. The quantitative estimate of drug-likeness (QED) is 0.674. The lowest BCUT2D eigenvalue weighted by Gasteiger charge is -2.02. The Morgan fingerprint density at radius 1 is 1.50 bits per heavy atom. The van der Waals surface area contributed by atoms with Crippen LogP contribution in [0.2, 0.25) is 0 Å². The van der Waals surface area contributed by atoms with Gasteiger partial charge in [-0.25, -0.2) is 4.39 Å². The minimum atomic E-state index is -0.805. The normalized spacial score (nSPS) is 9.83. The summed E-state index contributed by atoms with van der Waals surface area (Å²) in [6.07, 6.45) is 0. The zero-order valence-corrected chi connectivity index (χ0v) is 6.90. The van der Waals surface area contributed by atoms with Gasteiger partial charge in [0.05, 0.1) is 5.56 Å². The lowest BCUT2D eigenvalue weighted by molar-refractivity contribution is 0.0993. The van der Waals surface area contributed by atoms with Gasteiger partial charge in [0.25, 0.3) is 5.91 Å². The molecule has 1 amide bonds. The number of benzene rings is 1. The summed E-state index contributed by atoms with van der Waals surface area (Å²) >= 11 is 0.797. The van der Waals surface area contributed by atoms with Gasteiger partial charge in [-0.1, -0.05) is 6.07 Å². The number of primary amides is 1. The van der Waals surface area contributed by atoms with Gasteiger partial charge in [-0.05, 0) is 24.1 Å². The molecule has 12 heavy (non-hydrogen) atoms. The van der Waals surface area contributed by atoms with Gasteiger partial charge in [-0.3, -0.25) is 9.93 Å². The molecule has 0 aliphatic rings. The number of halogens is 1. The van der Waals surface area contributed by atoms with Crippen LogP contribution >= 0.6 is 11.9 Å². The monoisotopic (exact) mass is 186 g/mol. The molecule has 1 rings (SSSR count). The van der Waals surface area contributed by atoms with Crippen molar-refractivity contribution in [2.24, 2.45) is 10.9 Å². The third kappa shape index (κ3) is 1.57. The van der Waals surface area contributed by atoms with Crippen LogP contribution in [0.3, 0.4) is 0 Å². The second-order valence-electron chi connectivity index (χ2n) is 2.10. The summed E-state index contributed by atoms with van der Waals surface area (Å²) in [6.45, 7) is 0. The lowest BCUT2D eigenvalue weighted by Crippen LogP contribution is -2.14. The Morgan fingerprint density at radius 3 is 2.58 bits per heavy atom. The summed E-state index contributed by atoms with van der Waals surface area (Å²) in [5.74, 6) is -1.45. The Bertz CT molecular complexity index is 316. The number of carbonyl (C=O) groups is 1. The smallest absolute Gasteiger partial charge is 0.252 e. The van der Waals surface area contributed by atoms with E-state index in [9.17, 15) is 9.18 Å². The van der Waals surface area contributed by atoms with Crippen LogP contribution in [-0.2, 0) is 0 Å². The first-order valence-electron chi connectivity index (χ1n) is 3.12. The molecule has 0 heterocycles. The van der Waals surface area contributed by atoms with Crippen LogP contribution in [0.5, 0.6) is 0 Å². The van der Waals surface area contributed by atoms with E-state index in [4.69, 9.17) is 10.9 Å². The number of hydrogen-bond acceptors (Lipinski definition) is 3. The summed E-state index contributed by atoms with van der Waals surface area (Å²) in [7, 11) is 0. The first kappa shape index (κ1) is 9.02. The van der Waals surface area contributed by atoms with Crippen molar-refractivity contribution in [2.75, 3.05) is 0 Å². The molecule has 0 saturated carbocycles. The van der Waals surface area contributed by atoms with Gasteiger partial charge in [0.15, 0.2) is 0 Å². The third-order valence-electron chi connectivity index (χ3n) is 1.35. The summed E-state index contributed by atoms with van der Waals surface area (Å²) in [4.78, 5) is 11.1. The van der Waals surface area contributed by atoms with E-state index in [1.165, 1.54) is 18.2 Å². The van der Waals surface area contributed by atoms with Crippen molar-refractivity contribution in [1.29, 1.82) is 0 Å². The van der Waals surface area contributed by atoms with Crippen LogP contribution in [0.1, 0.15) is 10.4 Å². The molecule has 0 fully saturated rings. The molecule has 0 aliphatic carbocycles. The van der Waals surface area contributed by atoms with E-state index in [-0.39, 0.29) is 5.56 Å². The second kappa shape index (κ2) is 3.55. The van der Waals surface area contributed by atoms with Gasteiger partial charge >= 0.3 is 0 Å². The molecule has 1 aromatic carbocycles. The van der Waals surface area contributed by atoms with E-state index in [1.807, 2.05) is 0 Å². The Kier molecular flexibility index (Phi) is 2.67. The molecule has 4 N–H and O–H groups in total. The highest BCUT2D eigenvalue weighted by molar-refractivity contribution is 7.97.